The highest BCUT2D eigenvalue weighted by Crippen LogP contribution is 2.31. The van der Waals surface area contributed by atoms with Gasteiger partial charge in [0.25, 0.3) is 0 Å². The van der Waals surface area contributed by atoms with Crippen LogP contribution in [0.4, 0.5) is 4.39 Å². The van der Waals surface area contributed by atoms with E-state index >= 15 is 0 Å². The Morgan fingerprint density at radius 3 is 2.93 bits per heavy atom. The summed E-state index contributed by atoms with van der Waals surface area (Å²) in [5.74, 6) is -0.227. The predicted molar refractivity (Wildman–Crippen MR) is 56.2 cm³/mol. The van der Waals surface area contributed by atoms with Crippen LogP contribution in [0.5, 0.6) is 0 Å². The molecular formula is C12H16FNO. The van der Waals surface area contributed by atoms with Crippen molar-refractivity contribution in [2.75, 3.05) is 6.54 Å². The van der Waals surface area contributed by atoms with Crippen molar-refractivity contribution in [2.45, 2.75) is 32.2 Å². The van der Waals surface area contributed by atoms with Crippen molar-refractivity contribution < 1.29 is 9.60 Å². The van der Waals surface area contributed by atoms with Crippen LogP contribution >= 0.6 is 0 Å². The normalized spacial score (nSPS) is 23.0. The van der Waals surface area contributed by atoms with Crippen LogP contribution < -0.4 is 0 Å². The fourth-order valence-corrected chi connectivity index (χ4v) is 2.20. The van der Waals surface area contributed by atoms with Gasteiger partial charge in [-0.25, -0.2) is 4.39 Å². The Morgan fingerprint density at radius 1 is 1.40 bits per heavy atom. The molecule has 0 spiro atoms. The smallest absolute Gasteiger partial charge is 0.123 e. The summed E-state index contributed by atoms with van der Waals surface area (Å²) >= 11 is 0. The molecule has 1 N–H and O–H groups in total. The van der Waals surface area contributed by atoms with E-state index in [1.54, 1.807) is 6.07 Å². The molecule has 82 valence electrons. The van der Waals surface area contributed by atoms with Gasteiger partial charge in [0, 0.05) is 6.54 Å². The van der Waals surface area contributed by atoms with E-state index in [0.717, 1.165) is 30.4 Å². The summed E-state index contributed by atoms with van der Waals surface area (Å²) in [6.07, 6.45) is 3.01. The van der Waals surface area contributed by atoms with Crippen molar-refractivity contribution in [1.29, 1.82) is 0 Å². The maximum Gasteiger partial charge on any atom is 0.123 e. The summed E-state index contributed by atoms with van der Waals surface area (Å²) in [5.41, 5.74) is 1.96. The minimum atomic E-state index is -0.227. The fraction of sp³-hybridized carbons (Fsp3) is 0.500. The van der Waals surface area contributed by atoms with E-state index in [2.05, 4.69) is 0 Å². The van der Waals surface area contributed by atoms with E-state index in [0.29, 0.717) is 6.54 Å². The number of benzene rings is 1. The van der Waals surface area contributed by atoms with Crippen molar-refractivity contribution >= 4 is 0 Å². The highest BCUT2D eigenvalue weighted by atomic mass is 19.1. The number of hydroxylamine groups is 2. The van der Waals surface area contributed by atoms with E-state index in [1.807, 2.05) is 6.92 Å². The Morgan fingerprint density at radius 2 is 2.20 bits per heavy atom. The molecule has 1 saturated heterocycles. The third-order valence-electron chi connectivity index (χ3n) is 3.07. The Labute approximate surface area is 89.3 Å². The fourth-order valence-electron chi connectivity index (χ4n) is 2.20. The van der Waals surface area contributed by atoms with Crippen LogP contribution in [0.15, 0.2) is 18.2 Å². The topological polar surface area (TPSA) is 23.5 Å². The Bertz CT molecular complexity index is 353. The van der Waals surface area contributed by atoms with E-state index < -0.39 is 0 Å². The van der Waals surface area contributed by atoms with Crippen LogP contribution in [0.3, 0.4) is 0 Å². The number of hydrogen-bond donors (Lipinski definition) is 1. The molecule has 1 heterocycles. The van der Waals surface area contributed by atoms with Crippen molar-refractivity contribution in [1.82, 2.24) is 5.06 Å². The maximum atomic E-state index is 13.1. The molecule has 0 amide bonds. The van der Waals surface area contributed by atoms with Gasteiger partial charge in [0.15, 0.2) is 0 Å². The molecule has 0 saturated carbocycles. The first kappa shape index (κ1) is 10.6. The lowest BCUT2D eigenvalue weighted by molar-refractivity contribution is -0.144. The molecule has 0 aliphatic carbocycles. The van der Waals surface area contributed by atoms with Gasteiger partial charge < -0.3 is 5.21 Å². The number of piperidine rings is 1. The van der Waals surface area contributed by atoms with Gasteiger partial charge in [-0.2, -0.15) is 5.06 Å². The van der Waals surface area contributed by atoms with Crippen LogP contribution in [0.1, 0.15) is 36.4 Å². The van der Waals surface area contributed by atoms with Crippen LogP contribution in [-0.4, -0.2) is 16.8 Å². The molecule has 1 fully saturated rings. The van der Waals surface area contributed by atoms with Crippen LogP contribution in [0, 0.1) is 12.7 Å². The van der Waals surface area contributed by atoms with Gasteiger partial charge in [-0.15, -0.1) is 0 Å². The van der Waals surface area contributed by atoms with E-state index in [-0.39, 0.29) is 11.9 Å². The van der Waals surface area contributed by atoms with E-state index in [9.17, 15) is 9.60 Å². The summed E-state index contributed by atoms with van der Waals surface area (Å²) in [4.78, 5) is 0. The molecule has 2 nitrogen and oxygen atoms in total. The number of rotatable bonds is 1. The molecule has 1 atom stereocenters. The summed E-state index contributed by atoms with van der Waals surface area (Å²) < 4.78 is 13.1. The van der Waals surface area contributed by atoms with Gasteiger partial charge in [-0.1, -0.05) is 12.5 Å². The molecule has 1 aliphatic rings. The first-order chi connectivity index (χ1) is 7.18. The minimum Gasteiger partial charge on any atom is -0.313 e. The van der Waals surface area contributed by atoms with Gasteiger partial charge in [0.2, 0.25) is 0 Å². The second-order valence-corrected chi connectivity index (χ2v) is 4.18. The molecule has 15 heavy (non-hydrogen) atoms. The number of aryl methyl sites for hydroxylation is 1. The van der Waals surface area contributed by atoms with Crippen molar-refractivity contribution in [3.63, 3.8) is 0 Å². The maximum absolute atomic E-state index is 13.1. The molecule has 1 unspecified atom stereocenters. The average molecular weight is 209 g/mol. The lowest BCUT2D eigenvalue weighted by atomic mass is 9.94. The third kappa shape index (κ3) is 2.19. The first-order valence-electron chi connectivity index (χ1n) is 5.40. The molecule has 1 aromatic rings. The molecule has 3 heteroatoms. The number of hydrogen-bond acceptors (Lipinski definition) is 2. The van der Waals surface area contributed by atoms with Crippen LogP contribution in [0.25, 0.3) is 0 Å². The average Bonchev–Trinajstić information content (AvgIpc) is 2.23. The standard InChI is InChI=1S/C12H16FNO/c1-9-5-6-10(13)8-11(9)12-4-2-3-7-14(12)15/h5-6,8,12,15H,2-4,7H2,1H3. The zero-order chi connectivity index (χ0) is 10.8. The van der Waals surface area contributed by atoms with Crippen molar-refractivity contribution in [3.8, 4) is 0 Å². The quantitative estimate of drug-likeness (QED) is 0.768. The third-order valence-corrected chi connectivity index (χ3v) is 3.07. The molecular weight excluding hydrogens is 193 g/mol. The largest absolute Gasteiger partial charge is 0.313 e. The monoisotopic (exact) mass is 209 g/mol. The molecule has 2 rings (SSSR count). The second-order valence-electron chi connectivity index (χ2n) is 4.18. The summed E-state index contributed by atoms with van der Waals surface area (Å²) in [6.45, 7) is 2.64. The van der Waals surface area contributed by atoms with Crippen molar-refractivity contribution in [3.05, 3.63) is 35.1 Å². The zero-order valence-corrected chi connectivity index (χ0v) is 8.91. The Hall–Kier alpha value is -0.930. The molecule has 1 aromatic carbocycles. The van der Waals surface area contributed by atoms with E-state index in [4.69, 9.17) is 0 Å². The first-order valence-corrected chi connectivity index (χ1v) is 5.40. The number of halogens is 1. The zero-order valence-electron chi connectivity index (χ0n) is 8.91. The minimum absolute atomic E-state index is 0.0329. The predicted octanol–water partition coefficient (Wildman–Crippen LogP) is 3.05. The second kappa shape index (κ2) is 4.29. The summed E-state index contributed by atoms with van der Waals surface area (Å²) in [7, 11) is 0. The summed E-state index contributed by atoms with van der Waals surface area (Å²) in [5, 5.41) is 11.1. The molecule has 0 radical (unpaired) electrons. The van der Waals surface area contributed by atoms with Crippen LogP contribution in [-0.2, 0) is 0 Å². The van der Waals surface area contributed by atoms with Gasteiger partial charge in [0.1, 0.15) is 5.82 Å². The molecule has 0 aromatic heterocycles. The lowest BCUT2D eigenvalue weighted by Gasteiger charge is -2.31. The highest BCUT2D eigenvalue weighted by Gasteiger charge is 2.23. The van der Waals surface area contributed by atoms with Gasteiger partial charge in [-0.05, 0) is 43.0 Å². The van der Waals surface area contributed by atoms with Crippen LogP contribution in [0.2, 0.25) is 0 Å². The van der Waals surface area contributed by atoms with Gasteiger partial charge >= 0.3 is 0 Å². The Balaban J connectivity index is 2.30. The lowest BCUT2D eigenvalue weighted by Crippen LogP contribution is -2.30. The summed E-state index contributed by atoms with van der Waals surface area (Å²) in [6, 6.07) is 4.74. The highest BCUT2D eigenvalue weighted by molar-refractivity contribution is 5.29. The van der Waals surface area contributed by atoms with Gasteiger partial charge in [-0.3, -0.25) is 0 Å². The number of nitrogens with zero attached hydrogens (tertiary/aromatic N) is 1. The SMILES string of the molecule is Cc1ccc(F)cc1C1CCCCN1O. The molecule has 0 bridgehead atoms. The van der Waals surface area contributed by atoms with Crippen molar-refractivity contribution in [2.24, 2.45) is 0 Å². The Kier molecular flexibility index (Phi) is 3.03. The van der Waals surface area contributed by atoms with E-state index in [1.165, 1.54) is 17.2 Å². The molecule has 1 aliphatic heterocycles. The van der Waals surface area contributed by atoms with Gasteiger partial charge in [0.05, 0.1) is 6.04 Å².